The Bertz CT molecular complexity index is 757. The Morgan fingerprint density at radius 3 is 2.95 bits per heavy atom. The van der Waals surface area contributed by atoms with Crippen LogP contribution >= 0.6 is 0 Å². The number of ether oxygens (including phenoxy) is 1. The Kier molecular flexibility index (Phi) is 2.49. The van der Waals surface area contributed by atoms with E-state index in [1.807, 2.05) is 18.2 Å². The van der Waals surface area contributed by atoms with Gasteiger partial charge in [0.2, 0.25) is 5.76 Å². The predicted molar refractivity (Wildman–Crippen MR) is 67.3 cm³/mol. The van der Waals surface area contributed by atoms with Crippen molar-refractivity contribution in [3.63, 3.8) is 0 Å². The van der Waals surface area contributed by atoms with Crippen LogP contribution in [0.25, 0.3) is 22.2 Å². The number of aromatic carboxylic acids is 1. The van der Waals surface area contributed by atoms with Crippen molar-refractivity contribution < 1.29 is 19.2 Å². The summed E-state index contributed by atoms with van der Waals surface area (Å²) in [5.41, 5.74) is 2.15. The second-order valence-electron chi connectivity index (χ2n) is 4.00. The predicted octanol–water partition coefficient (Wildman–Crippen LogP) is 2.53. The fourth-order valence-electron chi connectivity index (χ4n) is 1.94. The number of aromatic nitrogens is 2. The summed E-state index contributed by atoms with van der Waals surface area (Å²) >= 11 is 0. The van der Waals surface area contributed by atoms with Crippen molar-refractivity contribution in [1.29, 1.82) is 0 Å². The summed E-state index contributed by atoms with van der Waals surface area (Å²) < 4.78 is 9.93. The van der Waals surface area contributed by atoms with Gasteiger partial charge in [0, 0.05) is 28.7 Å². The molecule has 3 rings (SSSR count). The number of fused-ring (bicyclic) bond motifs is 1. The van der Waals surface area contributed by atoms with Crippen LogP contribution in [0.1, 0.15) is 10.6 Å². The Labute approximate surface area is 107 Å². The van der Waals surface area contributed by atoms with E-state index in [1.54, 1.807) is 13.3 Å². The summed E-state index contributed by atoms with van der Waals surface area (Å²) in [5.74, 6) is -0.612. The number of hydrogen-bond donors (Lipinski definition) is 2. The van der Waals surface area contributed by atoms with Crippen molar-refractivity contribution >= 4 is 16.9 Å². The third kappa shape index (κ3) is 1.83. The molecule has 0 aliphatic rings. The van der Waals surface area contributed by atoms with E-state index in [0.29, 0.717) is 5.69 Å². The van der Waals surface area contributed by atoms with Crippen LogP contribution < -0.4 is 4.74 Å². The number of nitrogens with zero attached hydrogens (tertiary/aromatic N) is 1. The second-order valence-corrected chi connectivity index (χ2v) is 4.00. The maximum absolute atomic E-state index is 10.8. The highest BCUT2D eigenvalue weighted by atomic mass is 16.5. The van der Waals surface area contributed by atoms with E-state index >= 15 is 0 Å². The van der Waals surface area contributed by atoms with E-state index in [1.165, 1.54) is 6.07 Å². The number of nitrogens with one attached hydrogen (secondary N) is 1. The number of benzene rings is 1. The van der Waals surface area contributed by atoms with Gasteiger partial charge in [0.15, 0.2) is 0 Å². The molecule has 0 fully saturated rings. The van der Waals surface area contributed by atoms with Crippen molar-refractivity contribution in [2.75, 3.05) is 7.11 Å². The minimum Gasteiger partial charge on any atom is -0.497 e. The number of carbonyl (C=O) groups is 1. The summed E-state index contributed by atoms with van der Waals surface area (Å²) in [4.78, 5) is 13.9. The highest BCUT2D eigenvalue weighted by Gasteiger charge is 2.15. The van der Waals surface area contributed by atoms with Crippen LogP contribution in [0.5, 0.6) is 5.75 Å². The highest BCUT2D eigenvalue weighted by Crippen LogP contribution is 2.30. The SMILES string of the molecule is COc1ccc2[nH]cc(-c3cc(C(=O)O)on3)c2c1. The minimum atomic E-state index is -1.14. The Hall–Kier alpha value is -2.76. The average Bonchev–Trinajstić information content (AvgIpc) is 3.03. The largest absolute Gasteiger partial charge is 0.497 e. The van der Waals surface area contributed by atoms with Crippen molar-refractivity contribution in [2.45, 2.75) is 0 Å². The fraction of sp³-hybridized carbons (Fsp3) is 0.0769. The molecule has 0 radical (unpaired) electrons. The third-order valence-electron chi connectivity index (χ3n) is 2.89. The first kappa shape index (κ1) is 11.3. The maximum atomic E-state index is 10.8. The molecule has 0 amide bonds. The molecule has 19 heavy (non-hydrogen) atoms. The molecule has 6 nitrogen and oxygen atoms in total. The van der Waals surface area contributed by atoms with Gasteiger partial charge >= 0.3 is 5.97 Å². The zero-order valence-corrected chi connectivity index (χ0v) is 10.0. The van der Waals surface area contributed by atoms with Crippen molar-refractivity contribution in [2.24, 2.45) is 0 Å². The van der Waals surface area contributed by atoms with E-state index in [4.69, 9.17) is 14.4 Å². The highest BCUT2D eigenvalue weighted by molar-refractivity contribution is 5.96. The number of carboxylic acid groups (broad SMARTS) is 1. The summed E-state index contributed by atoms with van der Waals surface area (Å²) in [7, 11) is 1.59. The van der Waals surface area contributed by atoms with Gasteiger partial charge in [0.05, 0.1) is 7.11 Å². The van der Waals surface area contributed by atoms with Gasteiger partial charge in [-0.2, -0.15) is 0 Å². The van der Waals surface area contributed by atoms with Crippen LogP contribution in [-0.2, 0) is 0 Å². The van der Waals surface area contributed by atoms with Crippen LogP contribution in [-0.4, -0.2) is 28.3 Å². The van der Waals surface area contributed by atoms with Crippen LogP contribution in [0.15, 0.2) is 35.0 Å². The van der Waals surface area contributed by atoms with Crippen molar-refractivity contribution in [1.82, 2.24) is 10.1 Å². The lowest BCUT2D eigenvalue weighted by atomic mass is 10.1. The van der Waals surface area contributed by atoms with E-state index < -0.39 is 5.97 Å². The molecule has 96 valence electrons. The molecule has 0 aliphatic heterocycles. The van der Waals surface area contributed by atoms with Crippen LogP contribution in [0.4, 0.5) is 0 Å². The molecule has 2 aromatic heterocycles. The smallest absolute Gasteiger partial charge is 0.374 e. The lowest BCUT2D eigenvalue weighted by Gasteiger charge is -1.99. The lowest BCUT2D eigenvalue weighted by molar-refractivity contribution is 0.0652. The summed E-state index contributed by atoms with van der Waals surface area (Å²) in [6.45, 7) is 0. The maximum Gasteiger partial charge on any atom is 0.374 e. The molecule has 0 aliphatic carbocycles. The molecular weight excluding hydrogens is 248 g/mol. The third-order valence-corrected chi connectivity index (χ3v) is 2.89. The average molecular weight is 258 g/mol. The van der Waals surface area contributed by atoms with Crippen LogP contribution in [0.3, 0.4) is 0 Å². The second kappa shape index (κ2) is 4.16. The molecule has 3 aromatic rings. The summed E-state index contributed by atoms with van der Waals surface area (Å²) in [5, 5.41) is 13.5. The van der Waals surface area contributed by atoms with E-state index in [9.17, 15) is 4.79 Å². The van der Waals surface area contributed by atoms with Gasteiger partial charge in [0.25, 0.3) is 0 Å². The van der Waals surface area contributed by atoms with Gasteiger partial charge in [-0.25, -0.2) is 4.79 Å². The van der Waals surface area contributed by atoms with E-state index in [0.717, 1.165) is 22.2 Å². The topological polar surface area (TPSA) is 88.4 Å². The Morgan fingerprint density at radius 2 is 2.26 bits per heavy atom. The number of rotatable bonds is 3. The minimum absolute atomic E-state index is 0.188. The first-order valence-electron chi connectivity index (χ1n) is 5.54. The molecular formula is C13H10N2O4. The van der Waals surface area contributed by atoms with Gasteiger partial charge in [-0.05, 0) is 18.2 Å². The first-order valence-corrected chi connectivity index (χ1v) is 5.54. The molecule has 0 unspecified atom stereocenters. The normalized spacial score (nSPS) is 10.8. The quantitative estimate of drug-likeness (QED) is 0.753. The lowest BCUT2D eigenvalue weighted by Crippen LogP contribution is -1.91. The monoisotopic (exact) mass is 258 g/mol. The Balaban J connectivity index is 2.15. The zero-order valence-electron chi connectivity index (χ0n) is 10.0. The molecule has 2 N–H and O–H groups in total. The molecule has 0 atom stereocenters. The number of carboxylic acids is 1. The first-order chi connectivity index (χ1) is 9.19. The molecule has 0 saturated heterocycles. The van der Waals surface area contributed by atoms with Crippen molar-refractivity contribution in [3.05, 3.63) is 36.2 Å². The standard InChI is InChI=1S/C13H10N2O4/c1-18-7-2-3-10-8(4-7)9(6-14-10)11-5-12(13(16)17)19-15-11/h2-6,14H,1H3,(H,16,17). The Morgan fingerprint density at radius 1 is 1.42 bits per heavy atom. The molecule has 2 heterocycles. The van der Waals surface area contributed by atoms with E-state index in [-0.39, 0.29) is 5.76 Å². The van der Waals surface area contributed by atoms with Gasteiger partial charge in [-0.3, -0.25) is 0 Å². The number of methoxy groups -OCH3 is 1. The zero-order chi connectivity index (χ0) is 13.4. The van der Waals surface area contributed by atoms with Gasteiger partial charge in [-0.1, -0.05) is 5.16 Å². The van der Waals surface area contributed by atoms with E-state index in [2.05, 4.69) is 10.1 Å². The molecule has 0 saturated carbocycles. The van der Waals surface area contributed by atoms with Gasteiger partial charge < -0.3 is 19.4 Å². The molecule has 0 spiro atoms. The summed E-state index contributed by atoms with van der Waals surface area (Å²) in [6, 6.07) is 6.98. The molecule has 0 bridgehead atoms. The summed E-state index contributed by atoms with van der Waals surface area (Å²) in [6.07, 6.45) is 1.76. The van der Waals surface area contributed by atoms with Gasteiger partial charge in [0.1, 0.15) is 11.4 Å². The van der Waals surface area contributed by atoms with Crippen LogP contribution in [0, 0.1) is 0 Å². The molecule has 1 aromatic carbocycles. The number of H-pyrrole nitrogens is 1. The van der Waals surface area contributed by atoms with Crippen molar-refractivity contribution in [3.8, 4) is 17.0 Å². The number of aromatic amines is 1. The molecule has 6 heteroatoms. The van der Waals surface area contributed by atoms with Gasteiger partial charge in [-0.15, -0.1) is 0 Å². The number of hydrogen-bond acceptors (Lipinski definition) is 4. The fourth-order valence-corrected chi connectivity index (χ4v) is 1.94. The van der Waals surface area contributed by atoms with Crippen LogP contribution in [0.2, 0.25) is 0 Å².